The summed E-state index contributed by atoms with van der Waals surface area (Å²) in [5, 5.41) is 11.7. The van der Waals surface area contributed by atoms with E-state index < -0.39 is 0 Å². The Bertz CT molecular complexity index is 1750. The Morgan fingerprint density at radius 3 is 2.81 bits per heavy atom. The number of aromatic nitrogens is 5. The van der Waals surface area contributed by atoms with E-state index in [2.05, 4.69) is 35.6 Å². The number of piperidine rings is 2. The number of nitrogens with two attached hydrogens (primary N) is 1. The van der Waals surface area contributed by atoms with Gasteiger partial charge in [-0.15, -0.1) is 11.3 Å². The number of ether oxygens (including phenoxy) is 1. The Hall–Kier alpha value is -4.36. The molecule has 0 unspecified atom stereocenters. The molecule has 1 atom stereocenters. The highest BCUT2D eigenvalue weighted by Crippen LogP contribution is 2.40. The first-order valence-electron chi connectivity index (χ1n) is 14.1. The normalized spacial score (nSPS) is 18.0. The van der Waals surface area contributed by atoms with Crippen LogP contribution in [0.4, 0.5) is 15.9 Å². The third kappa shape index (κ3) is 4.98. The fraction of sp³-hybridized carbons (Fsp3) is 0.345. The first-order chi connectivity index (χ1) is 20.5. The van der Waals surface area contributed by atoms with Crippen molar-refractivity contribution in [3.8, 4) is 17.0 Å². The number of carbonyl (C=O) groups excluding carboxylic acids is 1. The predicted molar refractivity (Wildman–Crippen MR) is 159 cm³/mol. The summed E-state index contributed by atoms with van der Waals surface area (Å²) < 4.78 is 23.2. The molecule has 0 aliphatic carbocycles. The zero-order valence-electron chi connectivity index (χ0n) is 22.8. The second-order valence-corrected chi connectivity index (χ2v) is 11.7. The molecule has 0 bridgehead atoms. The second kappa shape index (κ2) is 11.1. The van der Waals surface area contributed by atoms with Crippen LogP contribution >= 0.6 is 11.3 Å². The van der Waals surface area contributed by atoms with Crippen molar-refractivity contribution in [3.63, 3.8) is 0 Å². The fourth-order valence-electron chi connectivity index (χ4n) is 5.88. The lowest BCUT2D eigenvalue weighted by Crippen LogP contribution is -2.47. The van der Waals surface area contributed by atoms with E-state index in [4.69, 9.17) is 10.5 Å². The van der Waals surface area contributed by atoms with Gasteiger partial charge < -0.3 is 26.0 Å². The van der Waals surface area contributed by atoms with Crippen molar-refractivity contribution in [2.75, 3.05) is 36.8 Å². The molecular weight excluding hydrogens is 557 g/mol. The highest BCUT2D eigenvalue weighted by molar-refractivity contribution is 7.21. The Kier molecular flexibility index (Phi) is 7.04. The lowest BCUT2D eigenvalue weighted by molar-refractivity contribution is 0.0928. The average Bonchev–Trinajstić information content (AvgIpc) is 3.58. The molecule has 0 saturated carbocycles. The molecule has 7 rings (SSSR count). The minimum atomic E-state index is -0.352. The van der Waals surface area contributed by atoms with E-state index in [0.29, 0.717) is 33.9 Å². The summed E-state index contributed by atoms with van der Waals surface area (Å²) in [6, 6.07) is 6.49. The fourth-order valence-corrected chi connectivity index (χ4v) is 6.90. The number of halogens is 1. The van der Waals surface area contributed by atoms with Crippen LogP contribution < -0.4 is 26.0 Å². The third-order valence-corrected chi connectivity index (χ3v) is 9.05. The number of nitrogen functional groups attached to an aromatic ring is 1. The minimum Gasteiger partial charge on any atom is -0.488 e. The van der Waals surface area contributed by atoms with Gasteiger partial charge in [0.2, 0.25) is 0 Å². The highest BCUT2D eigenvalue weighted by atomic mass is 32.1. The van der Waals surface area contributed by atoms with Gasteiger partial charge in [-0.1, -0.05) is 0 Å². The predicted octanol–water partition coefficient (Wildman–Crippen LogP) is 3.65. The van der Waals surface area contributed by atoms with E-state index in [1.807, 2.05) is 6.07 Å². The summed E-state index contributed by atoms with van der Waals surface area (Å²) in [7, 11) is 0. The summed E-state index contributed by atoms with van der Waals surface area (Å²) in [5.74, 6) is 0.282. The van der Waals surface area contributed by atoms with Gasteiger partial charge in [0.1, 0.15) is 35.0 Å². The average molecular weight is 588 g/mol. The number of benzene rings is 1. The summed E-state index contributed by atoms with van der Waals surface area (Å²) in [6.45, 7) is 3.07. The third-order valence-electron chi connectivity index (χ3n) is 7.90. The van der Waals surface area contributed by atoms with E-state index in [1.165, 1.54) is 36.1 Å². The van der Waals surface area contributed by atoms with Crippen molar-refractivity contribution in [1.29, 1.82) is 0 Å². The molecule has 2 aliphatic heterocycles. The molecule has 0 spiro atoms. The number of carbonyl (C=O) groups is 1. The zero-order chi connectivity index (χ0) is 28.6. The van der Waals surface area contributed by atoms with Crippen LogP contribution in [-0.4, -0.2) is 68.8 Å². The molecule has 2 fully saturated rings. The van der Waals surface area contributed by atoms with Crippen LogP contribution in [0, 0.1) is 5.82 Å². The lowest BCUT2D eigenvalue weighted by Gasteiger charge is -2.34. The highest BCUT2D eigenvalue weighted by Gasteiger charge is 2.29. The Morgan fingerprint density at radius 2 is 1.98 bits per heavy atom. The number of amides is 1. The molecule has 0 radical (unpaired) electrons. The van der Waals surface area contributed by atoms with Crippen LogP contribution in [0.15, 0.2) is 49.3 Å². The van der Waals surface area contributed by atoms with Gasteiger partial charge in [0.15, 0.2) is 11.6 Å². The van der Waals surface area contributed by atoms with E-state index >= 15 is 0 Å². The first kappa shape index (κ1) is 26.5. The molecule has 2 aliphatic rings. The summed E-state index contributed by atoms with van der Waals surface area (Å²) in [6.07, 6.45) is 9.72. The number of hydrogen-bond donors (Lipinski definition) is 3. The molecule has 4 N–H and O–H groups in total. The van der Waals surface area contributed by atoms with Gasteiger partial charge in [-0.3, -0.25) is 4.79 Å². The number of hydrogen-bond acceptors (Lipinski definition) is 10. The number of anilines is 2. The van der Waals surface area contributed by atoms with Gasteiger partial charge in [0.25, 0.3) is 5.91 Å². The maximum absolute atomic E-state index is 14.2. The van der Waals surface area contributed by atoms with Crippen LogP contribution in [0.1, 0.15) is 35.4 Å². The minimum absolute atomic E-state index is 0.0240. The Morgan fingerprint density at radius 1 is 1.14 bits per heavy atom. The Balaban J connectivity index is 1.16. The maximum atomic E-state index is 14.2. The van der Waals surface area contributed by atoms with Crippen molar-refractivity contribution in [2.45, 2.75) is 37.8 Å². The number of nitrogens with zero attached hydrogens (tertiary/aromatic N) is 6. The van der Waals surface area contributed by atoms with Crippen molar-refractivity contribution in [3.05, 3.63) is 60.0 Å². The molecule has 216 valence electrons. The van der Waals surface area contributed by atoms with Crippen molar-refractivity contribution < 1.29 is 13.9 Å². The van der Waals surface area contributed by atoms with E-state index in [-0.39, 0.29) is 23.9 Å². The molecule has 5 aromatic rings. The maximum Gasteiger partial charge on any atom is 0.265 e. The van der Waals surface area contributed by atoms with Crippen molar-refractivity contribution in [1.82, 2.24) is 35.2 Å². The summed E-state index contributed by atoms with van der Waals surface area (Å²) in [4.78, 5) is 29.0. The molecule has 1 aromatic carbocycles. The molecule has 42 heavy (non-hydrogen) atoms. The Labute approximate surface area is 244 Å². The zero-order valence-corrected chi connectivity index (χ0v) is 23.6. The molecule has 2 saturated heterocycles. The van der Waals surface area contributed by atoms with Crippen LogP contribution in [-0.2, 0) is 0 Å². The molecule has 13 heteroatoms. The largest absolute Gasteiger partial charge is 0.488 e. The topological polar surface area (TPSA) is 136 Å². The SMILES string of the molecule is Nc1ncnn2c(-c3cncnc3)cc(N3CCC[C@@H](NC(=O)c4sc5ccc(F)cc5c4OC4CCNCC4)C3)c12. The second-order valence-electron chi connectivity index (χ2n) is 10.7. The molecule has 6 heterocycles. The van der Waals surface area contributed by atoms with Crippen LogP contribution in [0.25, 0.3) is 26.9 Å². The quantitative estimate of drug-likeness (QED) is 0.272. The van der Waals surface area contributed by atoms with E-state index in [9.17, 15) is 9.18 Å². The van der Waals surface area contributed by atoms with Gasteiger partial charge in [0, 0.05) is 47.2 Å². The molecule has 1 amide bonds. The monoisotopic (exact) mass is 587 g/mol. The van der Waals surface area contributed by atoms with Crippen LogP contribution in [0.2, 0.25) is 0 Å². The summed E-state index contributed by atoms with van der Waals surface area (Å²) >= 11 is 1.34. The van der Waals surface area contributed by atoms with E-state index in [1.54, 1.807) is 23.0 Å². The van der Waals surface area contributed by atoms with Gasteiger partial charge >= 0.3 is 0 Å². The molecular formula is C29H30FN9O2S. The van der Waals surface area contributed by atoms with Crippen molar-refractivity contribution in [2.24, 2.45) is 0 Å². The standard InChI is InChI=1S/C29H30FN9O2S/c30-18-3-4-24-21(10-18)26(41-20-5-7-32-8-6-20)27(42-24)29(40)37-19-2-1-9-38(14-19)23-11-22(17-12-33-15-34-13-17)39-25(23)28(31)35-16-36-39/h3-4,10-13,15-16,19-20,32H,1-2,5-9,14H2,(H,37,40)(H2,31,35,36)/t19-/m1/s1. The summed E-state index contributed by atoms with van der Waals surface area (Å²) in [5.41, 5.74) is 9.54. The van der Waals surface area contributed by atoms with Gasteiger partial charge in [-0.2, -0.15) is 5.10 Å². The molecule has 11 nitrogen and oxygen atoms in total. The van der Waals surface area contributed by atoms with Gasteiger partial charge in [-0.05, 0) is 63.0 Å². The first-order valence-corrected chi connectivity index (χ1v) is 14.9. The molecule has 4 aromatic heterocycles. The van der Waals surface area contributed by atoms with E-state index in [0.717, 1.165) is 67.0 Å². The number of fused-ring (bicyclic) bond motifs is 2. The van der Waals surface area contributed by atoms with Gasteiger partial charge in [-0.25, -0.2) is 23.9 Å². The number of rotatable bonds is 6. The van der Waals surface area contributed by atoms with Crippen LogP contribution in [0.5, 0.6) is 5.75 Å². The lowest BCUT2D eigenvalue weighted by atomic mass is 10.0. The smallest absolute Gasteiger partial charge is 0.265 e. The van der Waals surface area contributed by atoms with Gasteiger partial charge in [0.05, 0.1) is 11.4 Å². The number of nitrogens with one attached hydrogen (secondary N) is 2. The van der Waals surface area contributed by atoms with Crippen LogP contribution in [0.3, 0.4) is 0 Å². The van der Waals surface area contributed by atoms with Crippen molar-refractivity contribution >= 4 is 44.4 Å². The number of thiophene rings is 1.